The first-order valence-electron chi connectivity index (χ1n) is 10.3. The average Bonchev–Trinajstić information content (AvgIpc) is 2.60. The van der Waals surface area contributed by atoms with Crippen molar-refractivity contribution in [2.45, 2.75) is 78.6 Å². The van der Waals surface area contributed by atoms with Crippen LogP contribution in [0.15, 0.2) is 36.4 Å². The molecule has 2 heteroatoms. The van der Waals surface area contributed by atoms with Crippen molar-refractivity contribution >= 4 is 0 Å². The van der Waals surface area contributed by atoms with E-state index in [4.69, 9.17) is 4.74 Å². The summed E-state index contributed by atoms with van der Waals surface area (Å²) >= 11 is 0. The van der Waals surface area contributed by atoms with Crippen molar-refractivity contribution in [3.05, 3.63) is 64.5 Å². The van der Waals surface area contributed by atoms with Crippen LogP contribution in [0.5, 0.6) is 5.75 Å². The number of benzene rings is 2. The van der Waals surface area contributed by atoms with E-state index < -0.39 is 0 Å². The molecule has 0 radical (unpaired) electrons. The van der Waals surface area contributed by atoms with E-state index in [-0.39, 0.29) is 17.7 Å². The summed E-state index contributed by atoms with van der Waals surface area (Å²) in [6.07, 6.45) is 0.865. The normalized spacial score (nSPS) is 12.9. The van der Waals surface area contributed by atoms with Crippen molar-refractivity contribution in [1.29, 1.82) is 0 Å². The van der Waals surface area contributed by atoms with Gasteiger partial charge in [0.25, 0.3) is 0 Å². The fourth-order valence-electron chi connectivity index (χ4n) is 3.34. The highest BCUT2D eigenvalue weighted by atomic mass is 19.1. The van der Waals surface area contributed by atoms with Crippen LogP contribution in [0.1, 0.15) is 101 Å². The molecule has 0 aromatic heterocycles. The number of rotatable bonds is 8. The molecule has 1 unspecified atom stereocenters. The third-order valence-electron chi connectivity index (χ3n) is 5.35. The van der Waals surface area contributed by atoms with E-state index in [2.05, 4.69) is 58.9 Å². The molecule has 0 aliphatic heterocycles. The Kier molecular flexibility index (Phi) is 7.47. The molecule has 0 aliphatic carbocycles. The van der Waals surface area contributed by atoms with Crippen molar-refractivity contribution in [3.8, 4) is 5.75 Å². The smallest absolute Gasteiger partial charge is 0.126 e. The van der Waals surface area contributed by atoms with Crippen molar-refractivity contribution in [2.75, 3.05) is 6.61 Å². The van der Waals surface area contributed by atoms with Crippen molar-refractivity contribution in [1.82, 2.24) is 0 Å². The van der Waals surface area contributed by atoms with Crippen LogP contribution in [0.25, 0.3) is 0 Å². The Labute approximate surface area is 165 Å². The molecule has 1 atom stereocenters. The van der Waals surface area contributed by atoms with E-state index in [9.17, 15) is 4.39 Å². The Morgan fingerprint density at radius 3 is 1.89 bits per heavy atom. The third kappa shape index (κ3) is 5.57. The lowest BCUT2D eigenvalue weighted by molar-refractivity contribution is 0.296. The molecule has 0 saturated carbocycles. The maximum Gasteiger partial charge on any atom is 0.126 e. The van der Waals surface area contributed by atoms with Gasteiger partial charge in [-0.2, -0.15) is 0 Å². The highest BCUT2D eigenvalue weighted by Gasteiger charge is 2.14. The van der Waals surface area contributed by atoms with Crippen molar-refractivity contribution in [2.24, 2.45) is 0 Å². The quantitative estimate of drug-likeness (QED) is 0.461. The first kappa shape index (κ1) is 21.5. The fourth-order valence-corrected chi connectivity index (χ4v) is 3.34. The van der Waals surface area contributed by atoms with Gasteiger partial charge >= 0.3 is 0 Å². The van der Waals surface area contributed by atoms with Gasteiger partial charge in [-0.1, -0.05) is 72.7 Å². The molecular formula is C25H35FO. The maximum absolute atomic E-state index is 14.3. The lowest BCUT2D eigenvalue weighted by atomic mass is 9.94. The van der Waals surface area contributed by atoms with Crippen molar-refractivity contribution in [3.63, 3.8) is 0 Å². The molecule has 0 N–H and O–H groups in total. The van der Waals surface area contributed by atoms with Crippen LogP contribution >= 0.6 is 0 Å². The average molecular weight is 371 g/mol. The van der Waals surface area contributed by atoms with E-state index >= 15 is 0 Å². The lowest BCUT2D eigenvalue weighted by Crippen LogP contribution is -2.07. The largest absolute Gasteiger partial charge is 0.493 e. The van der Waals surface area contributed by atoms with Gasteiger partial charge in [0.1, 0.15) is 11.6 Å². The molecule has 0 saturated heterocycles. The molecule has 0 aliphatic rings. The summed E-state index contributed by atoms with van der Waals surface area (Å²) in [6, 6.07) is 12.3. The standard InChI is InChI=1S/C25H35FO/c1-16(2)20-8-11-23(18(5)6)25(15-20)27-13-12-19(7)21-9-10-22(17(3)4)24(26)14-21/h8-11,14-19H,12-13H2,1-7H3. The van der Waals surface area contributed by atoms with Crippen LogP contribution in [0.4, 0.5) is 4.39 Å². The number of hydrogen-bond donors (Lipinski definition) is 0. The maximum atomic E-state index is 14.3. The van der Waals surface area contributed by atoms with Gasteiger partial charge in [0.05, 0.1) is 6.61 Å². The van der Waals surface area contributed by atoms with Crippen LogP contribution in [0.2, 0.25) is 0 Å². The van der Waals surface area contributed by atoms with Crippen LogP contribution < -0.4 is 4.74 Å². The molecule has 0 fully saturated rings. The van der Waals surface area contributed by atoms with Crippen LogP contribution in [0, 0.1) is 5.82 Å². The second kappa shape index (κ2) is 9.39. The highest BCUT2D eigenvalue weighted by Crippen LogP contribution is 2.31. The zero-order valence-corrected chi connectivity index (χ0v) is 18.0. The third-order valence-corrected chi connectivity index (χ3v) is 5.35. The first-order valence-corrected chi connectivity index (χ1v) is 10.3. The van der Waals surface area contributed by atoms with Gasteiger partial charge in [0.15, 0.2) is 0 Å². The van der Waals surface area contributed by atoms with E-state index in [0.29, 0.717) is 18.4 Å². The summed E-state index contributed by atoms with van der Waals surface area (Å²) < 4.78 is 20.5. The molecule has 2 aromatic rings. The zero-order chi connectivity index (χ0) is 20.1. The first-order chi connectivity index (χ1) is 12.7. The van der Waals surface area contributed by atoms with E-state index in [0.717, 1.165) is 23.3 Å². The van der Waals surface area contributed by atoms with Gasteiger partial charge in [0.2, 0.25) is 0 Å². The van der Waals surface area contributed by atoms with E-state index in [1.54, 1.807) is 6.07 Å². The Morgan fingerprint density at radius 2 is 1.33 bits per heavy atom. The minimum atomic E-state index is -0.0954. The Hall–Kier alpha value is -1.83. The summed E-state index contributed by atoms with van der Waals surface area (Å²) in [7, 11) is 0. The molecule has 0 spiro atoms. The minimum absolute atomic E-state index is 0.0954. The molecular weight excluding hydrogens is 335 g/mol. The number of ether oxygens (including phenoxy) is 1. The fraction of sp³-hybridized carbons (Fsp3) is 0.520. The van der Waals surface area contributed by atoms with Crippen LogP contribution in [-0.4, -0.2) is 6.61 Å². The van der Waals surface area contributed by atoms with Crippen LogP contribution in [-0.2, 0) is 0 Å². The molecule has 0 bridgehead atoms. The van der Waals surface area contributed by atoms with E-state index in [1.165, 1.54) is 11.1 Å². The van der Waals surface area contributed by atoms with Gasteiger partial charge in [0, 0.05) is 0 Å². The number of halogens is 1. The molecule has 148 valence electrons. The van der Waals surface area contributed by atoms with Gasteiger partial charge in [-0.25, -0.2) is 4.39 Å². The monoisotopic (exact) mass is 370 g/mol. The SMILES string of the molecule is CC(C)c1ccc(C(C)C)c(OCCC(C)c2ccc(C(C)C)c(F)c2)c1. The van der Waals surface area contributed by atoms with Gasteiger partial charge in [-0.05, 0) is 64.5 Å². The summed E-state index contributed by atoms with van der Waals surface area (Å²) in [5, 5.41) is 0. The summed E-state index contributed by atoms with van der Waals surface area (Å²) in [4.78, 5) is 0. The molecule has 0 amide bonds. The van der Waals surface area contributed by atoms with Gasteiger partial charge < -0.3 is 4.74 Å². The Bertz CT molecular complexity index is 746. The molecule has 2 aromatic carbocycles. The van der Waals surface area contributed by atoms with Gasteiger partial charge in [-0.15, -0.1) is 0 Å². The van der Waals surface area contributed by atoms with Crippen molar-refractivity contribution < 1.29 is 9.13 Å². The summed E-state index contributed by atoms with van der Waals surface area (Å²) in [6.45, 7) is 15.6. The predicted molar refractivity (Wildman–Crippen MR) is 114 cm³/mol. The summed E-state index contributed by atoms with van der Waals surface area (Å²) in [5.41, 5.74) is 4.38. The molecule has 2 rings (SSSR count). The van der Waals surface area contributed by atoms with Crippen LogP contribution in [0.3, 0.4) is 0 Å². The lowest BCUT2D eigenvalue weighted by Gasteiger charge is -2.19. The minimum Gasteiger partial charge on any atom is -0.493 e. The summed E-state index contributed by atoms with van der Waals surface area (Å²) in [5.74, 6) is 2.27. The number of hydrogen-bond acceptors (Lipinski definition) is 1. The second-order valence-electron chi connectivity index (χ2n) is 8.58. The zero-order valence-electron chi connectivity index (χ0n) is 18.0. The molecule has 0 heterocycles. The Morgan fingerprint density at radius 1 is 0.741 bits per heavy atom. The molecule has 1 nitrogen and oxygen atoms in total. The Balaban J connectivity index is 2.05. The van der Waals surface area contributed by atoms with Gasteiger partial charge in [-0.3, -0.25) is 0 Å². The molecule has 27 heavy (non-hydrogen) atoms. The van der Waals surface area contributed by atoms with E-state index in [1.807, 2.05) is 19.9 Å². The highest BCUT2D eigenvalue weighted by molar-refractivity contribution is 5.40. The second-order valence-corrected chi connectivity index (χ2v) is 8.58. The topological polar surface area (TPSA) is 9.23 Å². The predicted octanol–water partition coefficient (Wildman–Crippen LogP) is 7.77.